The third-order valence-electron chi connectivity index (χ3n) is 2.69. The van der Waals surface area contributed by atoms with Gasteiger partial charge in [-0.3, -0.25) is 9.89 Å². The van der Waals surface area contributed by atoms with Crippen molar-refractivity contribution in [2.24, 2.45) is 5.92 Å². The Hall–Kier alpha value is -1.81. The monoisotopic (exact) mass is 277 g/mol. The predicted octanol–water partition coefficient (Wildman–Crippen LogP) is 3.12. The van der Waals surface area contributed by atoms with Crippen LogP contribution in [0.5, 0.6) is 0 Å². The maximum atomic E-state index is 12.1. The Morgan fingerprint density at radius 3 is 2.68 bits per heavy atom. The summed E-state index contributed by atoms with van der Waals surface area (Å²) in [5.74, 6) is 0.294. The van der Waals surface area contributed by atoms with E-state index in [9.17, 15) is 4.79 Å². The number of carbonyl (C=O) groups excluding carboxylic acids is 1. The lowest BCUT2D eigenvalue weighted by Crippen LogP contribution is -2.27. The average Bonchev–Trinajstić information content (AvgIpc) is 2.86. The first kappa shape index (κ1) is 13.6. The van der Waals surface area contributed by atoms with E-state index in [1.807, 2.05) is 12.1 Å². The third kappa shape index (κ3) is 3.35. The number of nitrogens with zero attached hydrogens (tertiary/aromatic N) is 1. The summed E-state index contributed by atoms with van der Waals surface area (Å²) in [7, 11) is 0. The summed E-state index contributed by atoms with van der Waals surface area (Å²) in [5, 5.41) is 10.3. The second-order valence-corrected chi connectivity index (χ2v) is 5.21. The minimum absolute atomic E-state index is 0.118. The second kappa shape index (κ2) is 5.89. The standard InChI is InChI=1S/C14H16ClN3O/c1-9(2)7-16-14(19)12-8-17-18-13(12)10-3-5-11(15)6-4-10/h3-6,8-9H,7H2,1-2H3,(H,16,19)(H,17,18). The van der Waals surface area contributed by atoms with Crippen LogP contribution < -0.4 is 5.32 Å². The van der Waals surface area contributed by atoms with Crippen molar-refractivity contribution in [3.8, 4) is 11.3 Å². The molecule has 0 bridgehead atoms. The highest BCUT2D eigenvalue weighted by atomic mass is 35.5. The Morgan fingerprint density at radius 1 is 1.37 bits per heavy atom. The fraction of sp³-hybridized carbons (Fsp3) is 0.286. The van der Waals surface area contributed by atoms with Crippen LogP contribution in [0.4, 0.5) is 0 Å². The van der Waals surface area contributed by atoms with Crippen LogP contribution in [0.1, 0.15) is 24.2 Å². The largest absolute Gasteiger partial charge is 0.352 e. The molecule has 0 aliphatic carbocycles. The molecule has 1 aromatic heterocycles. The number of aromatic nitrogens is 2. The molecular weight excluding hydrogens is 262 g/mol. The highest BCUT2D eigenvalue weighted by molar-refractivity contribution is 6.30. The van der Waals surface area contributed by atoms with Gasteiger partial charge in [0.25, 0.3) is 5.91 Å². The molecule has 19 heavy (non-hydrogen) atoms. The molecule has 0 radical (unpaired) electrons. The number of rotatable bonds is 4. The zero-order valence-corrected chi connectivity index (χ0v) is 11.7. The number of benzene rings is 1. The number of H-pyrrole nitrogens is 1. The van der Waals surface area contributed by atoms with Crippen molar-refractivity contribution in [1.29, 1.82) is 0 Å². The van der Waals surface area contributed by atoms with Crippen molar-refractivity contribution < 1.29 is 4.79 Å². The molecule has 0 saturated carbocycles. The molecule has 2 N–H and O–H groups in total. The molecule has 0 fully saturated rings. The summed E-state index contributed by atoms with van der Waals surface area (Å²) in [4.78, 5) is 12.1. The van der Waals surface area contributed by atoms with Gasteiger partial charge in [-0.1, -0.05) is 37.6 Å². The lowest BCUT2D eigenvalue weighted by Gasteiger charge is -2.08. The Balaban J connectivity index is 2.22. The first-order chi connectivity index (χ1) is 9.08. The fourth-order valence-corrected chi connectivity index (χ4v) is 1.81. The average molecular weight is 278 g/mol. The molecule has 0 aliphatic heterocycles. The van der Waals surface area contributed by atoms with E-state index in [0.717, 1.165) is 5.56 Å². The molecule has 1 heterocycles. The molecule has 0 aliphatic rings. The highest BCUT2D eigenvalue weighted by Crippen LogP contribution is 2.22. The Kier molecular flexibility index (Phi) is 4.22. The fourth-order valence-electron chi connectivity index (χ4n) is 1.69. The number of hydrogen-bond donors (Lipinski definition) is 2. The zero-order chi connectivity index (χ0) is 13.8. The van der Waals surface area contributed by atoms with Crippen molar-refractivity contribution in [3.05, 3.63) is 41.0 Å². The number of nitrogens with one attached hydrogen (secondary N) is 2. The van der Waals surface area contributed by atoms with Gasteiger partial charge in [-0.2, -0.15) is 5.10 Å². The zero-order valence-electron chi connectivity index (χ0n) is 10.9. The first-order valence-corrected chi connectivity index (χ1v) is 6.53. The highest BCUT2D eigenvalue weighted by Gasteiger charge is 2.15. The van der Waals surface area contributed by atoms with E-state index in [0.29, 0.717) is 28.7 Å². The normalized spacial score (nSPS) is 10.7. The molecule has 0 unspecified atom stereocenters. The molecular formula is C14H16ClN3O. The van der Waals surface area contributed by atoms with Gasteiger partial charge in [0.1, 0.15) is 0 Å². The SMILES string of the molecule is CC(C)CNC(=O)c1cn[nH]c1-c1ccc(Cl)cc1. The molecule has 1 aromatic carbocycles. The summed E-state index contributed by atoms with van der Waals surface area (Å²) < 4.78 is 0. The van der Waals surface area contributed by atoms with Gasteiger partial charge in [-0.05, 0) is 18.1 Å². The molecule has 100 valence electrons. The first-order valence-electron chi connectivity index (χ1n) is 6.15. The second-order valence-electron chi connectivity index (χ2n) is 4.77. The van der Waals surface area contributed by atoms with E-state index in [4.69, 9.17) is 11.6 Å². The molecule has 0 saturated heterocycles. The molecule has 4 nitrogen and oxygen atoms in total. The van der Waals surface area contributed by atoms with Crippen LogP contribution in [-0.2, 0) is 0 Å². The van der Waals surface area contributed by atoms with Crippen LogP contribution >= 0.6 is 11.6 Å². The summed E-state index contributed by atoms with van der Waals surface area (Å²) in [6, 6.07) is 7.28. The van der Waals surface area contributed by atoms with Gasteiger partial charge in [0.05, 0.1) is 17.5 Å². The van der Waals surface area contributed by atoms with E-state index >= 15 is 0 Å². The number of aromatic amines is 1. The lowest BCUT2D eigenvalue weighted by molar-refractivity contribution is 0.0949. The van der Waals surface area contributed by atoms with E-state index in [-0.39, 0.29) is 5.91 Å². The minimum Gasteiger partial charge on any atom is -0.352 e. The quantitative estimate of drug-likeness (QED) is 0.902. The van der Waals surface area contributed by atoms with Crippen molar-refractivity contribution in [2.75, 3.05) is 6.54 Å². The predicted molar refractivity (Wildman–Crippen MR) is 76.2 cm³/mol. The molecule has 0 atom stereocenters. The number of carbonyl (C=O) groups is 1. The molecule has 1 amide bonds. The van der Waals surface area contributed by atoms with Crippen molar-refractivity contribution in [2.45, 2.75) is 13.8 Å². The number of halogens is 1. The van der Waals surface area contributed by atoms with E-state index in [1.165, 1.54) is 0 Å². The van der Waals surface area contributed by atoms with Gasteiger partial charge >= 0.3 is 0 Å². The van der Waals surface area contributed by atoms with Crippen molar-refractivity contribution in [3.63, 3.8) is 0 Å². The van der Waals surface area contributed by atoms with Crippen molar-refractivity contribution in [1.82, 2.24) is 15.5 Å². The Labute approximate surface area is 117 Å². The van der Waals surface area contributed by atoms with Gasteiger partial charge in [0.2, 0.25) is 0 Å². The number of amides is 1. The summed E-state index contributed by atoms with van der Waals surface area (Å²) in [5.41, 5.74) is 2.14. The van der Waals surface area contributed by atoms with Crippen LogP contribution in [0.3, 0.4) is 0 Å². The summed E-state index contributed by atoms with van der Waals surface area (Å²) in [6.07, 6.45) is 1.54. The van der Waals surface area contributed by atoms with Crippen LogP contribution in [0, 0.1) is 5.92 Å². The summed E-state index contributed by atoms with van der Waals surface area (Å²) >= 11 is 5.85. The molecule has 2 aromatic rings. The third-order valence-corrected chi connectivity index (χ3v) is 2.94. The lowest BCUT2D eigenvalue weighted by atomic mass is 10.1. The Bertz CT molecular complexity index is 560. The van der Waals surface area contributed by atoms with Gasteiger partial charge in [-0.15, -0.1) is 0 Å². The smallest absolute Gasteiger partial charge is 0.255 e. The van der Waals surface area contributed by atoms with Gasteiger partial charge < -0.3 is 5.32 Å². The maximum absolute atomic E-state index is 12.1. The van der Waals surface area contributed by atoms with Crippen LogP contribution in [0.2, 0.25) is 5.02 Å². The van der Waals surface area contributed by atoms with Gasteiger partial charge in [0, 0.05) is 17.1 Å². The minimum atomic E-state index is -0.118. The van der Waals surface area contributed by atoms with Crippen LogP contribution in [0.25, 0.3) is 11.3 Å². The maximum Gasteiger partial charge on any atom is 0.255 e. The van der Waals surface area contributed by atoms with Gasteiger partial charge in [-0.25, -0.2) is 0 Å². The molecule has 2 rings (SSSR count). The van der Waals surface area contributed by atoms with E-state index < -0.39 is 0 Å². The topological polar surface area (TPSA) is 57.8 Å². The van der Waals surface area contributed by atoms with E-state index in [2.05, 4.69) is 29.4 Å². The summed E-state index contributed by atoms with van der Waals surface area (Å²) in [6.45, 7) is 4.75. The molecule has 0 spiro atoms. The Morgan fingerprint density at radius 2 is 2.05 bits per heavy atom. The van der Waals surface area contributed by atoms with Gasteiger partial charge in [0.15, 0.2) is 0 Å². The van der Waals surface area contributed by atoms with E-state index in [1.54, 1.807) is 18.3 Å². The van der Waals surface area contributed by atoms with Crippen molar-refractivity contribution >= 4 is 17.5 Å². The number of hydrogen-bond acceptors (Lipinski definition) is 2. The molecule has 5 heteroatoms. The van der Waals surface area contributed by atoms with Crippen LogP contribution in [0.15, 0.2) is 30.5 Å². The van der Waals surface area contributed by atoms with Crippen LogP contribution in [-0.4, -0.2) is 22.6 Å².